The summed E-state index contributed by atoms with van der Waals surface area (Å²) in [6.45, 7) is 4.42. The molecule has 1 aromatic rings. The molecule has 0 spiro atoms. The van der Waals surface area contributed by atoms with Crippen LogP contribution >= 0.6 is 0 Å². The van der Waals surface area contributed by atoms with E-state index < -0.39 is 0 Å². The third-order valence-electron chi connectivity index (χ3n) is 2.05. The van der Waals surface area contributed by atoms with Crippen molar-refractivity contribution in [1.29, 1.82) is 0 Å². The standard InChI is InChI=1S/C12H16N2O3/c1-2-3-7-13-11(15)6-8-14-12(16)10-5-4-9-17-10/h2,4-5,9H,1,3,6-8H2,(H,13,15)(H,14,16). The average molecular weight is 236 g/mol. The van der Waals surface area contributed by atoms with Gasteiger partial charge in [-0.2, -0.15) is 0 Å². The second-order valence-electron chi connectivity index (χ2n) is 3.41. The van der Waals surface area contributed by atoms with Crippen molar-refractivity contribution in [3.63, 3.8) is 0 Å². The van der Waals surface area contributed by atoms with Gasteiger partial charge in [-0.3, -0.25) is 9.59 Å². The molecule has 0 aliphatic heterocycles. The molecule has 1 aromatic heterocycles. The minimum Gasteiger partial charge on any atom is -0.459 e. The number of rotatable bonds is 7. The lowest BCUT2D eigenvalue weighted by Gasteiger charge is -2.04. The van der Waals surface area contributed by atoms with Gasteiger partial charge in [-0.15, -0.1) is 6.58 Å². The highest BCUT2D eigenvalue weighted by molar-refractivity contribution is 5.91. The summed E-state index contributed by atoms with van der Waals surface area (Å²) in [6, 6.07) is 3.20. The highest BCUT2D eigenvalue weighted by atomic mass is 16.3. The van der Waals surface area contributed by atoms with Crippen LogP contribution in [0.4, 0.5) is 0 Å². The Hall–Kier alpha value is -2.04. The number of furan rings is 1. The van der Waals surface area contributed by atoms with Crippen LogP contribution < -0.4 is 10.6 Å². The highest BCUT2D eigenvalue weighted by Crippen LogP contribution is 1.98. The van der Waals surface area contributed by atoms with Crippen molar-refractivity contribution < 1.29 is 14.0 Å². The lowest BCUT2D eigenvalue weighted by atomic mass is 10.3. The SMILES string of the molecule is C=CCCNC(=O)CCNC(=O)c1ccco1. The summed E-state index contributed by atoms with van der Waals surface area (Å²) < 4.78 is 4.91. The molecule has 1 rings (SSSR count). The lowest BCUT2D eigenvalue weighted by Crippen LogP contribution is -2.30. The summed E-state index contributed by atoms with van der Waals surface area (Å²) in [6.07, 6.45) is 4.16. The molecule has 0 saturated carbocycles. The molecular weight excluding hydrogens is 220 g/mol. The monoisotopic (exact) mass is 236 g/mol. The predicted molar refractivity (Wildman–Crippen MR) is 63.5 cm³/mol. The number of hydrogen-bond acceptors (Lipinski definition) is 3. The van der Waals surface area contributed by atoms with E-state index >= 15 is 0 Å². The normalized spacial score (nSPS) is 9.65. The van der Waals surface area contributed by atoms with Crippen LogP contribution in [-0.2, 0) is 4.79 Å². The summed E-state index contributed by atoms with van der Waals surface area (Å²) in [5, 5.41) is 5.30. The van der Waals surface area contributed by atoms with Crippen molar-refractivity contribution in [1.82, 2.24) is 10.6 Å². The molecule has 0 aliphatic rings. The molecule has 5 nitrogen and oxygen atoms in total. The van der Waals surface area contributed by atoms with Crippen LogP contribution in [0, 0.1) is 0 Å². The van der Waals surface area contributed by atoms with Gasteiger partial charge in [0.25, 0.3) is 5.91 Å². The molecule has 0 aromatic carbocycles. The van der Waals surface area contributed by atoms with E-state index in [1.807, 2.05) is 0 Å². The molecule has 2 amide bonds. The van der Waals surface area contributed by atoms with E-state index in [1.54, 1.807) is 18.2 Å². The van der Waals surface area contributed by atoms with Crippen LogP contribution in [-0.4, -0.2) is 24.9 Å². The van der Waals surface area contributed by atoms with Crippen LogP contribution in [0.15, 0.2) is 35.5 Å². The van der Waals surface area contributed by atoms with Crippen LogP contribution in [0.5, 0.6) is 0 Å². The second-order valence-corrected chi connectivity index (χ2v) is 3.41. The van der Waals surface area contributed by atoms with Gasteiger partial charge in [0.15, 0.2) is 5.76 Å². The fraction of sp³-hybridized carbons (Fsp3) is 0.333. The summed E-state index contributed by atoms with van der Waals surface area (Å²) in [7, 11) is 0. The van der Waals surface area contributed by atoms with E-state index in [9.17, 15) is 9.59 Å². The molecule has 2 N–H and O–H groups in total. The Morgan fingerprint density at radius 3 is 2.82 bits per heavy atom. The molecular formula is C12H16N2O3. The molecule has 0 unspecified atom stereocenters. The van der Waals surface area contributed by atoms with E-state index in [1.165, 1.54) is 6.26 Å². The molecule has 1 heterocycles. The maximum absolute atomic E-state index is 11.4. The van der Waals surface area contributed by atoms with Gasteiger partial charge in [0.1, 0.15) is 0 Å². The molecule has 0 radical (unpaired) electrons. The van der Waals surface area contributed by atoms with Crippen molar-refractivity contribution in [2.45, 2.75) is 12.8 Å². The first-order chi connectivity index (χ1) is 8.24. The Bertz CT molecular complexity index is 371. The molecule has 5 heteroatoms. The Morgan fingerprint density at radius 1 is 1.35 bits per heavy atom. The molecule has 0 saturated heterocycles. The molecule has 0 bridgehead atoms. The van der Waals surface area contributed by atoms with Gasteiger partial charge >= 0.3 is 0 Å². The first-order valence-electron chi connectivity index (χ1n) is 5.43. The largest absolute Gasteiger partial charge is 0.459 e. The van der Waals surface area contributed by atoms with Gasteiger partial charge in [-0.05, 0) is 18.6 Å². The zero-order valence-electron chi connectivity index (χ0n) is 9.57. The third-order valence-corrected chi connectivity index (χ3v) is 2.05. The first kappa shape index (κ1) is 13.0. The number of carbonyl (C=O) groups excluding carboxylic acids is 2. The Morgan fingerprint density at radius 2 is 2.18 bits per heavy atom. The summed E-state index contributed by atoms with van der Waals surface area (Å²) >= 11 is 0. The summed E-state index contributed by atoms with van der Waals surface area (Å²) in [4.78, 5) is 22.7. The van der Waals surface area contributed by atoms with Crippen molar-refractivity contribution in [3.8, 4) is 0 Å². The summed E-state index contributed by atoms with van der Waals surface area (Å²) in [5.41, 5.74) is 0. The third kappa shape index (κ3) is 5.01. The van der Waals surface area contributed by atoms with E-state index in [0.29, 0.717) is 13.1 Å². The second kappa shape index (κ2) is 7.27. The van der Waals surface area contributed by atoms with Gasteiger partial charge in [-0.25, -0.2) is 0 Å². The van der Waals surface area contributed by atoms with Gasteiger partial charge in [0.05, 0.1) is 6.26 Å². The van der Waals surface area contributed by atoms with Crippen LogP contribution in [0.3, 0.4) is 0 Å². The number of nitrogens with one attached hydrogen (secondary N) is 2. The molecule has 17 heavy (non-hydrogen) atoms. The minimum absolute atomic E-state index is 0.0911. The average Bonchev–Trinajstić information content (AvgIpc) is 2.82. The van der Waals surface area contributed by atoms with E-state index in [4.69, 9.17) is 4.42 Å². The lowest BCUT2D eigenvalue weighted by molar-refractivity contribution is -0.120. The topological polar surface area (TPSA) is 71.3 Å². The first-order valence-corrected chi connectivity index (χ1v) is 5.43. The zero-order chi connectivity index (χ0) is 12.5. The quantitative estimate of drug-likeness (QED) is 0.550. The fourth-order valence-electron chi connectivity index (χ4n) is 1.19. The maximum Gasteiger partial charge on any atom is 0.286 e. The number of carbonyl (C=O) groups is 2. The Kier molecular flexibility index (Phi) is 5.57. The minimum atomic E-state index is -0.311. The van der Waals surface area contributed by atoms with E-state index in [-0.39, 0.29) is 24.0 Å². The molecule has 0 aliphatic carbocycles. The van der Waals surface area contributed by atoms with Crippen molar-refractivity contribution in [2.24, 2.45) is 0 Å². The van der Waals surface area contributed by atoms with Gasteiger partial charge in [0, 0.05) is 19.5 Å². The fourth-order valence-corrected chi connectivity index (χ4v) is 1.19. The number of amides is 2. The zero-order valence-corrected chi connectivity index (χ0v) is 9.57. The number of hydrogen-bond donors (Lipinski definition) is 2. The van der Waals surface area contributed by atoms with Crippen molar-refractivity contribution in [3.05, 3.63) is 36.8 Å². The highest BCUT2D eigenvalue weighted by Gasteiger charge is 2.08. The molecule has 0 fully saturated rings. The Balaban J connectivity index is 2.13. The van der Waals surface area contributed by atoms with Gasteiger partial charge in [0.2, 0.25) is 5.91 Å². The van der Waals surface area contributed by atoms with Gasteiger partial charge in [-0.1, -0.05) is 6.08 Å². The Labute approximate surface area is 99.9 Å². The van der Waals surface area contributed by atoms with Gasteiger partial charge < -0.3 is 15.1 Å². The van der Waals surface area contributed by atoms with E-state index in [2.05, 4.69) is 17.2 Å². The van der Waals surface area contributed by atoms with Crippen LogP contribution in [0.1, 0.15) is 23.4 Å². The van der Waals surface area contributed by atoms with E-state index in [0.717, 1.165) is 6.42 Å². The van der Waals surface area contributed by atoms with Crippen LogP contribution in [0.2, 0.25) is 0 Å². The smallest absolute Gasteiger partial charge is 0.286 e. The van der Waals surface area contributed by atoms with Crippen molar-refractivity contribution >= 4 is 11.8 Å². The maximum atomic E-state index is 11.4. The van der Waals surface area contributed by atoms with Crippen molar-refractivity contribution in [2.75, 3.05) is 13.1 Å². The molecule has 0 atom stereocenters. The predicted octanol–water partition coefficient (Wildman–Crippen LogP) is 1.09. The van der Waals surface area contributed by atoms with Crippen LogP contribution in [0.25, 0.3) is 0 Å². The summed E-state index contributed by atoms with van der Waals surface area (Å²) in [5.74, 6) is -0.155. The molecule has 92 valence electrons.